The molecule has 0 atom stereocenters. The van der Waals surface area contributed by atoms with Crippen LogP contribution in [0.5, 0.6) is 0 Å². The first-order chi connectivity index (χ1) is 6.86. The zero-order valence-corrected chi connectivity index (χ0v) is 7.51. The second kappa shape index (κ2) is 2.48. The van der Waals surface area contributed by atoms with E-state index in [1.54, 1.807) is 6.20 Å². The summed E-state index contributed by atoms with van der Waals surface area (Å²) in [7, 11) is 0. The van der Waals surface area contributed by atoms with Crippen molar-refractivity contribution in [2.24, 2.45) is 0 Å². The highest BCUT2D eigenvalue weighted by Gasteiger charge is 2.02. The van der Waals surface area contributed by atoms with Crippen LogP contribution >= 0.6 is 0 Å². The molecule has 3 aromatic rings. The number of rotatable bonds is 0. The van der Waals surface area contributed by atoms with Crippen molar-refractivity contribution >= 4 is 22.2 Å². The fourth-order valence-corrected chi connectivity index (χ4v) is 1.78. The minimum absolute atomic E-state index is 0.783. The summed E-state index contributed by atoms with van der Waals surface area (Å²) in [5, 5.41) is 1.13. The number of pyridine rings is 1. The van der Waals surface area contributed by atoms with Gasteiger partial charge in [0.1, 0.15) is 5.65 Å². The van der Waals surface area contributed by atoms with Gasteiger partial charge < -0.3 is 5.73 Å². The van der Waals surface area contributed by atoms with Gasteiger partial charge in [0.2, 0.25) is 0 Å². The Bertz CT molecular complexity index is 610. The molecule has 0 unspecified atom stereocenters. The van der Waals surface area contributed by atoms with Gasteiger partial charge in [0.25, 0.3) is 0 Å². The SMILES string of the molecule is Nc1cccc2ccc3nccn3c12. The van der Waals surface area contributed by atoms with Crippen molar-refractivity contribution in [3.8, 4) is 0 Å². The Hall–Kier alpha value is -2.03. The van der Waals surface area contributed by atoms with E-state index in [0.717, 1.165) is 22.2 Å². The molecular weight excluding hydrogens is 174 g/mol. The van der Waals surface area contributed by atoms with Crippen LogP contribution in [0.25, 0.3) is 16.6 Å². The number of nitrogen functional groups attached to an aromatic ring is 1. The Morgan fingerprint density at radius 3 is 3.00 bits per heavy atom. The lowest BCUT2D eigenvalue weighted by atomic mass is 10.2. The summed E-state index contributed by atoms with van der Waals surface area (Å²) in [4.78, 5) is 4.22. The highest BCUT2D eigenvalue weighted by atomic mass is 15.0. The summed E-state index contributed by atoms with van der Waals surface area (Å²) in [5.74, 6) is 0. The Kier molecular flexibility index (Phi) is 1.31. The van der Waals surface area contributed by atoms with E-state index in [0.29, 0.717) is 0 Å². The second-order valence-electron chi connectivity index (χ2n) is 3.27. The third-order valence-corrected chi connectivity index (χ3v) is 2.42. The van der Waals surface area contributed by atoms with Crippen LogP contribution in [0.3, 0.4) is 0 Å². The summed E-state index contributed by atoms with van der Waals surface area (Å²) in [6.45, 7) is 0. The van der Waals surface area contributed by atoms with Crippen molar-refractivity contribution < 1.29 is 0 Å². The van der Waals surface area contributed by atoms with E-state index in [2.05, 4.69) is 4.98 Å². The molecule has 2 heterocycles. The van der Waals surface area contributed by atoms with Gasteiger partial charge in [0.15, 0.2) is 0 Å². The number of para-hydroxylation sites is 1. The molecule has 3 nitrogen and oxygen atoms in total. The molecule has 14 heavy (non-hydrogen) atoms. The van der Waals surface area contributed by atoms with Crippen molar-refractivity contribution in [3.63, 3.8) is 0 Å². The third-order valence-electron chi connectivity index (χ3n) is 2.42. The van der Waals surface area contributed by atoms with Gasteiger partial charge in [0, 0.05) is 17.8 Å². The molecule has 0 amide bonds. The van der Waals surface area contributed by atoms with Crippen molar-refractivity contribution in [1.29, 1.82) is 0 Å². The highest BCUT2D eigenvalue weighted by Crippen LogP contribution is 2.21. The molecular formula is C11H9N3. The summed E-state index contributed by atoms with van der Waals surface area (Å²) < 4.78 is 2.00. The van der Waals surface area contributed by atoms with Gasteiger partial charge in [0.05, 0.1) is 11.2 Å². The summed E-state index contributed by atoms with van der Waals surface area (Å²) in [6, 6.07) is 9.93. The maximum atomic E-state index is 5.93. The predicted octanol–water partition coefficient (Wildman–Crippen LogP) is 2.07. The Morgan fingerprint density at radius 2 is 2.07 bits per heavy atom. The van der Waals surface area contributed by atoms with Crippen molar-refractivity contribution in [2.75, 3.05) is 5.73 Å². The molecule has 0 bridgehead atoms. The number of imidazole rings is 1. The van der Waals surface area contributed by atoms with Gasteiger partial charge in [-0.05, 0) is 18.2 Å². The van der Waals surface area contributed by atoms with Crippen molar-refractivity contribution in [1.82, 2.24) is 9.38 Å². The van der Waals surface area contributed by atoms with E-state index < -0.39 is 0 Å². The maximum absolute atomic E-state index is 5.93. The monoisotopic (exact) mass is 183 g/mol. The number of fused-ring (bicyclic) bond motifs is 3. The first-order valence-electron chi connectivity index (χ1n) is 4.46. The minimum atomic E-state index is 0.783. The van der Waals surface area contributed by atoms with Crippen LogP contribution in [0.15, 0.2) is 42.7 Å². The molecule has 0 spiro atoms. The van der Waals surface area contributed by atoms with Crippen LogP contribution in [0.2, 0.25) is 0 Å². The van der Waals surface area contributed by atoms with Crippen LogP contribution < -0.4 is 5.73 Å². The summed E-state index contributed by atoms with van der Waals surface area (Å²) >= 11 is 0. The fraction of sp³-hybridized carbons (Fsp3) is 0. The van der Waals surface area contributed by atoms with Gasteiger partial charge >= 0.3 is 0 Å². The molecule has 2 aromatic heterocycles. The quantitative estimate of drug-likeness (QED) is 0.542. The lowest BCUT2D eigenvalue weighted by molar-refractivity contribution is 1.26. The molecule has 3 heteroatoms. The van der Waals surface area contributed by atoms with E-state index in [1.165, 1.54) is 0 Å². The Balaban J connectivity index is 2.67. The molecule has 1 aromatic carbocycles. The van der Waals surface area contributed by atoms with Crippen molar-refractivity contribution in [3.05, 3.63) is 42.7 Å². The number of hydrogen-bond donors (Lipinski definition) is 1. The van der Waals surface area contributed by atoms with Crippen LogP contribution in [-0.2, 0) is 0 Å². The lowest BCUT2D eigenvalue weighted by Gasteiger charge is -2.04. The Labute approximate surface area is 80.8 Å². The molecule has 0 radical (unpaired) electrons. The first-order valence-corrected chi connectivity index (χ1v) is 4.46. The molecule has 0 saturated carbocycles. The van der Waals surface area contributed by atoms with Gasteiger partial charge in [-0.2, -0.15) is 0 Å². The van der Waals surface area contributed by atoms with Crippen molar-refractivity contribution in [2.45, 2.75) is 0 Å². The van der Waals surface area contributed by atoms with E-state index in [1.807, 2.05) is 40.9 Å². The standard InChI is InChI=1S/C11H9N3/c12-9-3-1-2-8-4-5-10-13-6-7-14(10)11(8)9/h1-7H,12H2. The van der Waals surface area contributed by atoms with E-state index >= 15 is 0 Å². The largest absolute Gasteiger partial charge is 0.397 e. The minimum Gasteiger partial charge on any atom is -0.397 e. The topological polar surface area (TPSA) is 43.3 Å². The smallest absolute Gasteiger partial charge is 0.137 e. The zero-order chi connectivity index (χ0) is 9.54. The predicted molar refractivity (Wildman–Crippen MR) is 57.1 cm³/mol. The number of nitrogens with two attached hydrogens (primary N) is 1. The third kappa shape index (κ3) is 0.836. The number of benzene rings is 1. The van der Waals surface area contributed by atoms with E-state index in [-0.39, 0.29) is 0 Å². The van der Waals surface area contributed by atoms with Gasteiger partial charge in [-0.1, -0.05) is 12.1 Å². The molecule has 0 aliphatic carbocycles. The van der Waals surface area contributed by atoms with E-state index in [4.69, 9.17) is 5.73 Å². The van der Waals surface area contributed by atoms with Crippen LogP contribution in [0.4, 0.5) is 5.69 Å². The van der Waals surface area contributed by atoms with Gasteiger partial charge in [-0.25, -0.2) is 4.98 Å². The van der Waals surface area contributed by atoms with Gasteiger partial charge in [-0.15, -0.1) is 0 Å². The summed E-state index contributed by atoms with van der Waals surface area (Å²) in [6.07, 6.45) is 3.70. The number of nitrogens with zero attached hydrogens (tertiary/aromatic N) is 2. The zero-order valence-electron chi connectivity index (χ0n) is 7.51. The average molecular weight is 183 g/mol. The van der Waals surface area contributed by atoms with Gasteiger partial charge in [-0.3, -0.25) is 4.40 Å². The molecule has 0 saturated heterocycles. The number of anilines is 1. The van der Waals surface area contributed by atoms with Crippen LogP contribution in [0.1, 0.15) is 0 Å². The molecule has 2 N–H and O–H groups in total. The Morgan fingerprint density at radius 1 is 1.14 bits per heavy atom. The maximum Gasteiger partial charge on any atom is 0.137 e. The van der Waals surface area contributed by atoms with E-state index in [9.17, 15) is 0 Å². The molecule has 3 rings (SSSR count). The normalized spacial score (nSPS) is 11.1. The number of aromatic nitrogens is 2. The highest BCUT2D eigenvalue weighted by molar-refractivity contribution is 5.91. The van der Waals surface area contributed by atoms with Crippen LogP contribution in [0, 0.1) is 0 Å². The lowest BCUT2D eigenvalue weighted by Crippen LogP contribution is -1.93. The van der Waals surface area contributed by atoms with Crippen LogP contribution in [-0.4, -0.2) is 9.38 Å². The summed E-state index contributed by atoms with van der Waals surface area (Å²) in [5.41, 5.74) is 8.67. The molecule has 0 fully saturated rings. The molecule has 0 aliphatic rings. The molecule has 68 valence electrons. The number of hydrogen-bond acceptors (Lipinski definition) is 2. The fourth-order valence-electron chi connectivity index (χ4n) is 1.78. The first kappa shape index (κ1) is 7.38. The molecule has 0 aliphatic heterocycles. The second-order valence-corrected chi connectivity index (χ2v) is 3.27. The average Bonchev–Trinajstić information content (AvgIpc) is 2.65.